The molecule has 26 heavy (non-hydrogen) atoms. The van der Waals surface area contributed by atoms with Crippen LogP contribution in [0.1, 0.15) is 24.5 Å². The Morgan fingerprint density at radius 1 is 1.08 bits per heavy atom. The summed E-state index contributed by atoms with van der Waals surface area (Å²) in [7, 11) is 4.14. The fourth-order valence-electron chi connectivity index (χ4n) is 2.77. The van der Waals surface area contributed by atoms with Gasteiger partial charge in [0.1, 0.15) is 18.1 Å². The van der Waals surface area contributed by atoms with Crippen molar-refractivity contribution in [3.05, 3.63) is 66.3 Å². The Bertz CT molecular complexity index is 675. The van der Waals surface area contributed by atoms with Crippen molar-refractivity contribution in [1.29, 1.82) is 0 Å². The van der Waals surface area contributed by atoms with Gasteiger partial charge in [0.2, 0.25) is 0 Å². The molecule has 1 unspecified atom stereocenters. The first-order valence-electron chi connectivity index (χ1n) is 8.69. The maximum Gasteiger partial charge on any atom is 1.00 e. The van der Waals surface area contributed by atoms with Crippen molar-refractivity contribution in [2.45, 2.75) is 32.8 Å². The molecule has 2 atom stereocenters. The van der Waals surface area contributed by atoms with Gasteiger partial charge in [-0.15, -0.1) is 5.92 Å². The standard InChI is InChI=1S/C21H26NO3.Cs/c1-16-11-21(24-14-16)25-20-6-4-5-19(12-20)23-15-18-9-7-17(8-10-18)13-22(2)3;/h4-10,12,14,16,21H,11,13,15H2,1-3H3;/q-1;+1/t16-,21?;/m1./s1. The van der Waals surface area contributed by atoms with E-state index < -0.39 is 0 Å². The van der Waals surface area contributed by atoms with E-state index >= 15 is 0 Å². The molecule has 2 aromatic rings. The number of hydrogen-bond acceptors (Lipinski definition) is 4. The van der Waals surface area contributed by atoms with Crippen molar-refractivity contribution >= 4 is 0 Å². The Kier molecular flexibility index (Phi) is 9.54. The van der Waals surface area contributed by atoms with E-state index in [0.29, 0.717) is 12.5 Å². The van der Waals surface area contributed by atoms with Crippen LogP contribution in [0.3, 0.4) is 0 Å². The molecule has 0 saturated carbocycles. The number of rotatable bonds is 7. The largest absolute Gasteiger partial charge is 1.00 e. The second-order valence-corrected chi connectivity index (χ2v) is 6.85. The third kappa shape index (κ3) is 7.20. The minimum absolute atomic E-state index is 0. The molecule has 1 saturated heterocycles. The molecule has 0 bridgehead atoms. The first-order chi connectivity index (χ1) is 12.1. The molecule has 5 heteroatoms. The Morgan fingerprint density at radius 3 is 2.42 bits per heavy atom. The van der Waals surface area contributed by atoms with Crippen LogP contribution in [0.15, 0.2) is 48.5 Å². The Labute approximate surface area is 215 Å². The van der Waals surface area contributed by atoms with Crippen LogP contribution >= 0.6 is 0 Å². The van der Waals surface area contributed by atoms with Crippen LogP contribution in [0.25, 0.3) is 0 Å². The van der Waals surface area contributed by atoms with Crippen LogP contribution in [0.5, 0.6) is 11.5 Å². The number of nitrogens with zero attached hydrogens (tertiary/aromatic N) is 1. The van der Waals surface area contributed by atoms with Crippen LogP contribution in [0, 0.1) is 12.5 Å². The van der Waals surface area contributed by atoms with Gasteiger partial charge < -0.3 is 19.1 Å². The van der Waals surface area contributed by atoms with Gasteiger partial charge in [-0.25, -0.2) is 6.61 Å². The molecule has 0 spiro atoms. The molecule has 0 N–H and O–H groups in total. The number of benzene rings is 2. The van der Waals surface area contributed by atoms with Crippen molar-refractivity contribution in [3.8, 4) is 11.5 Å². The van der Waals surface area contributed by atoms with Crippen LogP contribution in [-0.4, -0.2) is 25.3 Å². The number of ether oxygens (including phenoxy) is 3. The van der Waals surface area contributed by atoms with Crippen LogP contribution < -0.4 is 78.4 Å². The molecule has 1 fully saturated rings. The molecule has 0 amide bonds. The van der Waals surface area contributed by atoms with Gasteiger partial charge in [0, 0.05) is 12.6 Å². The Balaban J connectivity index is 0.00000243. The maximum absolute atomic E-state index is 5.90. The molecule has 0 radical (unpaired) electrons. The predicted molar refractivity (Wildman–Crippen MR) is 98.2 cm³/mol. The predicted octanol–water partition coefficient (Wildman–Crippen LogP) is 1.25. The minimum atomic E-state index is -0.200. The normalized spacial score (nSPS) is 19.2. The summed E-state index contributed by atoms with van der Waals surface area (Å²) in [5, 5.41) is 0. The van der Waals surface area contributed by atoms with Gasteiger partial charge in [-0.1, -0.05) is 37.3 Å². The summed E-state index contributed by atoms with van der Waals surface area (Å²) in [5.41, 5.74) is 2.45. The minimum Gasteiger partial charge on any atom is -0.520 e. The molecule has 2 aromatic carbocycles. The summed E-state index contributed by atoms with van der Waals surface area (Å²) in [6, 6.07) is 16.2. The van der Waals surface area contributed by atoms with Gasteiger partial charge in [-0.05, 0) is 43.8 Å². The van der Waals surface area contributed by atoms with E-state index in [1.54, 1.807) is 0 Å². The van der Waals surface area contributed by atoms with E-state index in [1.807, 2.05) is 30.9 Å². The zero-order valence-electron chi connectivity index (χ0n) is 16.1. The van der Waals surface area contributed by atoms with Gasteiger partial charge in [-0.2, -0.15) is 0 Å². The average Bonchev–Trinajstić information content (AvgIpc) is 2.99. The topological polar surface area (TPSA) is 30.9 Å². The van der Waals surface area contributed by atoms with E-state index in [4.69, 9.17) is 14.2 Å². The summed E-state index contributed by atoms with van der Waals surface area (Å²) in [6.07, 6.45) is 0.680. The monoisotopic (exact) mass is 473 g/mol. The number of hydrogen-bond donors (Lipinski definition) is 0. The molecule has 1 heterocycles. The molecular weight excluding hydrogens is 447 g/mol. The van der Waals surface area contributed by atoms with Gasteiger partial charge in [0.15, 0.2) is 6.29 Å². The zero-order valence-corrected chi connectivity index (χ0v) is 22.4. The Morgan fingerprint density at radius 2 is 1.77 bits per heavy atom. The van der Waals surface area contributed by atoms with E-state index in [9.17, 15) is 0 Å². The smallest absolute Gasteiger partial charge is 0.520 e. The molecule has 1 aliphatic heterocycles. The van der Waals surface area contributed by atoms with Crippen molar-refractivity contribution in [2.75, 3.05) is 14.1 Å². The van der Waals surface area contributed by atoms with E-state index in [1.165, 1.54) is 5.56 Å². The van der Waals surface area contributed by atoms with Crippen LogP contribution in [0.4, 0.5) is 0 Å². The zero-order chi connectivity index (χ0) is 17.6. The molecule has 0 aromatic heterocycles. The molecule has 3 rings (SSSR count). The van der Waals surface area contributed by atoms with E-state index in [0.717, 1.165) is 30.0 Å². The summed E-state index contributed by atoms with van der Waals surface area (Å²) in [4.78, 5) is 2.16. The van der Waals surface area contributed by atoms with Crippen LogP contribution in [0.2, 0.25) is 0 Å². The fourth-order valence-corrected chi connectivity index (χ4v) is 2.77. The van der Waals surface area contributed by atoms with E-state index in [-0.39, 0.29) is 75.2 Å². The third-order valence-corrected chi connectivity index (χ3v) is 4.03. The molecule has 1 aliphatic rings. The molecule has 0 aliphatic carbocycles. The quantitative estimate of drug-likeness (QED) is 0.567. The first kappa shape index (κ1) is 22.3. The van der Waals surface area contributed by atoms with Crippen molar-refractivity contribution in [3.63, 3.8) is 0 Å². The van der Waals surface area contributed by atoms with Crippen molar-refractivity contribution in [2.24, 2.45) is 5.92 Å². The van der Waals surface area contributed by atoms with Gasteiger partial charge in [0.25, 0.3) is 0 Å². The van der Waals surface area contributed by atoms with Crippen molar-refractivity contribution in [1.82, 2.24) is 4.90 Å². The summed E-state index contributed by atoms with van der Waals surface area (Å²) >= 11 is 0. The van der Waals surface area contributed by atoms with Gasteiger partial charge in [-0.3, -0.25) is 0 Å². The van der Waals surface area contributed by atoms with E-state index in [2.05, 4.69) is 50.2 Å². The summed E-state index contributed by atoms with van der Waals surface area (Å²) in [5.74, 6) is 2.00. The van der Waals surface area contributed by atoms with Crippen molar-refractivity contribution < 1.29 is 83.1 Å². The molecular formula is C21H26CsNO3. The van der Waals surface area contributed by atoms with Crippen LogP contribution in [-0.2, 0) is 17.9 Å². The van der Waals surface area contributed by atoms with Gasteiger partial charge >= 0.3 is 68.9 Å². The second kappa shape index (κ2) is 11.1. The SMILES string of the molecule is C[C@H]1[CH-]OC(Oc2cccc(OCc3ccc(CN(C)C)cc3)c2)C1.[Cs+]. The first-order valence-corrected chi connectivity index (χ1v) is 8.69. The van der Waals surface area contributed by atoms with Gasteiger partial charge in [0.05, 0.1) is 0 Å². The third-order valence-electron chi connectivity index (χ3n) is 4.03. The fraction of sp³-hybridized carbons (Fsp3) is 0.381. The maximum atomic E-state index is 5.90. The molecule has 4 nitrogen and oxygen atoms in total. The second-order valence-electron chi connectivity index (χ2n) is 6.85. The molecule has 134 valence electrons. The average molecular weight is 473 g/mol. The Hall–Kier alpha value is 0.0119. The summed E-state index contributed by atoms with van der Waals surface area (Å²) in [6.45, 7) is 5.44. The summed E-state index contributed by atoms with van der Waals surface area (Å²) < 4.78 is 17.2.